The summed E-state index contributed by atoms with van der Waals surface area (Å²) in [5.41, 5.74) is 3.07. The van der Waals surface area contributed by atoms with Crippen LogP contribution in [0.2, 0.25) is 0 Å². The van der Waals surface area contributed by atoms with Crippen molar-refractivity contribution in [3.8, 4) is 5.75 Å². The van der Waals surface area contributed by atoms with E-state index in [2.05, 4.69) is 23.7 Å². The largest absolute Gasteiger partial charge is 0.496 e. The number of aliphatic carboxylic acids is 1. The highest BCUT2D eigenvalue weighted by molar-refractivity contribution is 5.66. The average molecular weight is 294 g/mol. The smallest absolute Gasteiger partial charge is 0.303 e. The van der Waals surface area contributed by atoms with E-state index in [1.807, 2.05) is 20.0 Å². The van der Waals surface area contributed by atoms with Crippen molar-refractivity contribution in [2.75, 3.05) is 13.7 Å². The van der Waals surface area contributed by atoms with E-state index in [0.29, 0.717) is 19.0 Å². The van der Waals surface area contributed by atoms with Gasteiger partial charge in [0.1, 0.15) is 5.75 Å². The van der Waals surface area contributed by atoms with Crippen LogP contribution in [0.1, 0.15) is 43.5 Å². The van der Waals surface area contributed by atoms with Gasteiger partial charge in [-0.05, 0) is 40.7 Å². The summed E-state index contributed by atoms with van der Waals surface area (Å²) in [6.07, 6.45) is 2.68. The van der Waals surface area contributed by atoms with Crippen LogP contribution < -0.4 is 4.74 Å². The van der Waals surface area contributed by atoms with Gasteiger partial charge in [-0.3, -0.25) is 14.7 Å². The summed E-state index contributed by atoms with van der Waals surface area (Å²) >= 11 is 0. The highest BCUT2D eigenvalue weighted by atomic mass is 16.5. The summed E-state index contributed by atoms with van der Waals surface area (Å²) in [5, 5.41) is 8.75. The summed E-state index contributed by atoms with van der Waals surface area (Å²) in [6, 6.07) is 0.340. The second kappa shape index (κ2) is 7.98. The summed E-state index contributed by atoms with van der Waals surface area (Å²) < 4.78 is 5.43. The van der Waals surface area contributed by atoms with Gasteiger partial charge in [0, 0.05) is 36.3 Å². The average Bonchev–Trinajstić information content (AvgIpc) is 2.40. The number of aryl methyl sites for hydroxylation is 1. The van der Waals surface area contributed by atoms with Crippen molar-refractivity contribution in [3.05, 3.63) is 23.0 Å². The first-order chi connectivity index (χ1) is 9.86. The third-order valence-corrected chi connectivity index (χ3v) is 3.67. The number of rotatable bonds is 8. The Labute approximate surface area is 126 Å². The Bertz CT molecular complexity index is 487. The Morgan fingerprint density at radius 1 is 1.43 bits per heavy atom. The number of carbonyl (C=O) groups is 1. The minimum atomic E-state index is -0.745. The van der Waals surface area contributed by atoms with Gasteiger partial charge >= 0.3 is 5.97 Å². The minimum absolute atomic E-state index is 0.201. The van der Waals surface area contributed by atoms with Crippen LogP contribution in [0.5, 0.6) is 5.75 Å². The lowest BCUT2D eigenvalue weighted by molar-refractivity contribution is -0.137. The Hall–Kier alpha value is -1.62. The molecule has 0 fully saturated rings. The summed E-state index contributed by atoms with van der Waals surface area (Å²) in [5.74, 6) is 0.138. The first kappa shape index (κ1) is 17.4. The van der Waals surface area contributed by atoms with Gasteiger partial charge in [0.05, 0.1) is 12.8 Å². The molecule has 5 nitrogen and oxygen atoms in total. The molecule has 0 aliphatic heterocycles. The maximum atomic E-state index is 10.6. The molecule has 5 heteroatoms. The molecule has 0 spiro atoms. The van der Waals surface area contributed by atoms with Gasteiger partial charge in [-0.1, -0.05) is 0 Å². The fourth-order valence-corrected chi connectivity index (χ4v) is 2.38. The SMILES string of the molecule is COc1c(C)cnc(CN(CCCC(=O)O)C(C)C)c1C. The standard InChI is InChI=1S/C16H26N2O3/c1-11(2)18(8-6-7-15(19)20)10-14-13(4)16(21-5)12(3)9-17-14/h9,11H,6-8,10H2,1-5H3,(H,19,20). The molecule has 0 atom stereocenters. The third-order valence-electron chi connectivity index (χ3n) is 3.67. The molecule has 0 saturated carbocycles. The highest BCUT2D eigenvalue weighted by Crippen LogP contribution is 2.25. The lowest BCUT2D eigenvalue weighted by Gasteiger charge is -2.27. The van der Waals surface area contributed by atoms with Crippen LogP contribution in [-0.2, 0) is 11.3 Å². The Morgan fingerprint density at radius 2 is 2.10 bits per heavy atom. The van der Waals surface area contributed by atoms with E-state index in [9.17, 15) is 4.79 Å². The molecule has 1 heterocycles. The molecule has 1 rings (SSSR count). The van der Waals surface area contributed by atoms with Gasteiger partial charge in [0.2, 0.25) is 0 Å². The first-order valence-corrected chi connectivity index (χ1v) is 7.31. The minimum Gasteiger partial charge on any atom is -0.496 e. The number of carboxylic acid groups (broad SMARTS) is 1. The van der Waals surface area contributed by atoms with Gasteiger partial charge in [0.15, 0.2) is 0 Å². The summed E-state index contributed by atoms with van der Waals surface area (Å²) in [7, 11) is 1.67. The monoisotopic (exact) mass is 294 g/mol. The van der Waals surface area contributed by atoms with Crippen molar-refractivity contribution in [3.63, 3.8) is 0 Å². The fourth-order valence-electron chi connectivity index (χ4n) is 2.38. The van der Waals surface area contributed by atoms with Crippen LogP contribution in [0, 0.1) is 13.8 Å². The van der Waals surface area contributed by atoms with Crippen molar-refractivity contribution in [2.24, 2.45) is 0 Å². The van der Waals surface area contributed by atoms with Gasteiger partial charge in [-0.2, -0.15) is 0 Å². The molecule has 21 heavy (non-hydrogen) atoms. The van der Waals surface area contributed by atoms with Crippen LogP contribution >= 0.6 is 0 Å². The zero-order valence-electron chi connectivity index (χ0n) is 13.6. The van der Waals surface area contributed by atoms with Crippen LogP contribution in [0.3, 0.4) is 0 Å². The van der Waals surface area contributed by atoms with Crippen LogP contribution in [-0.4, -0.2) is 40.7 Å². The van der Waals surface area contributed by atoms with Crippen molar-refractivity contribution in [1.82, 2.24) is 9.88 Å². The van der Waals surface area contributed by atoms with Crippen LogP contribution in [0.15, 0.2) is 6.20 Å². The second-order valence-corrected chi connectivity index (χ2v) is 5.61. The molecule has 0 amide bonds. The predicted molar refractivity (Wildman–Crippen MR) is 82.7 cm³/mol. The number of aromatic nitrogens is 1. The Kier molecular flexibility index (Phi) is 6.62. The maximum absolute atomic E-state index is 10.6. The second-order valence-electron chi connectivity index (χ2n) is 5.61. The number of pyridine rings is 1. The molecular formula is C16H26N2O3. The van der Waals surface area contributed by atoms with Gasteiger partial charge in [-0.25, -0.2) is 0 Å². The van der Waals surface area contributed by atoms with Gasteiger partial charge < -0.3 is 9.84 Å². The molecule has 0 aliphatic carbocycles. The molecule has 118 valence electrons. The van der Waals surface area contributed by atoms with E-state index < -0.39 is 5.97 Å². The van der Waals surface area contributed by atoms with E-state index in [-0.39, 0.29) is 6.42 Å². The van der Waals surface area contributed by atoms with Crippen molar-refractivity contribution < 1.29 is 14.6 Å². The number of nitrogens with zero attached hydrogens (tertiary/aromatic N) is 2. The molecule has 1 aromatic rings. The molecular weight excluding hydrogens is 268 g/mol. The number of carboxylic acids is 1. The number of ether oxygens (including phenoxy) is 1. The fraction of sp³-hybridized carbons (Fsp3) is 0.625. The predicted octanol–water partition coefficient (Wildman–Crippen LogP) is 2.78. The zero-order valence-corrected chi connectivity index (χ0v) is 13.6. The van der Waals surface area contributed by atoms with E-state index in [0.717, 1.165) is 29.1 Å². The molecule has 0 unspecified atom stereocenters. The van der Waals surface area contributed by atoms with E-state index in [1.54, 1.807) is 7.11 Å². The van der Waals surface area contributed by atoms with E-state index in [1.165, 1.54) is 0 Å². The van der Waals surface area contributed by atoms with Crippen LogP contribution in [0.25, 0.3) is 0 Å². The van der Waals surface area contributed by atoms with E-state index >= 15 is 0 Å². The van der Waals surface area contributed by atoms with Crippen LogP contribution in [0.4, 0.5) is 0 Å². The first-order valence-electron chi connectivity index (χ1n) is 7.31. The lowest BCUT2D eigenvalue weighted by Crippen LogP contribution is -2.32. The highest BCUT2D eigenvalue weighted by Gasteiger charge is 2.15. The number of hydrogen-bond donors (Lipinski definition) is 1. The summed E-state index contributed by atoms with van der Waals surface area (Å²) in [4.78, 5) is 17.4. The molecule has 1 N–H and O–H groups in total. The van der Waals surface area contributed by atoms with Gasteiger partial charge in [-0.15, -0.1) is 0 Å². The molecule has 0 saturated heterocycles. The normalized spacial score (nSPS) is 11.2. The topological polar surface area (TPSA) is 62.7 Å². The van der Waals surface area contributed by atoms with Crippen molar-refractivity contribution in [2.45, 2.75) is 53.1 Å². The quantitative estimate of drug-likeness (QED) is 0.798. The lowest BCUT2D eigenvalue weighted by atomic mass is 10.1. The molecule has 0 aromatic carbocycles. The van der Waals surface area contributed by atoms with Gasteiger partial charge in [0.25, 0.3) is 0 Å². The number of hydrogen-bond acceptors (Lipinski definition) is 4. The molecule has 1 aromatic heterocycles. The number of methoxy groups -OCH3 is 1. The summed E-state index contributed by atoms with van der Waals surface area (Å²) in [6.45, 7) is 9.68. The Morgan fingerprint density at radius 3 is 2.62 bits per heavy atom. The Balaban J connectivity index is 2.82. The molecule has 0 aliphatic rings. The van der Waals surface area contributed by atoms with Crippen molar-refractivity contribution in [1.29, 1.82) is 0 Å². The van der Waals surface area contributed by atoms with E-state index in [4.69, 9.17) is 9.84 Å². The molecule has 0 radical (unpaired) electrons. The molecule has 0 bridgehead atoms. The third kappa shape index (κ3) is 5.01. The maximum Gasteiger partial charge on any atom is 0.303 e. The van der Waals surface area contributed by atoms with Crippen molar-refractivity contribution >= 4 is 5.97 Å². The zero-order chi connectivity index (χ0) is 16.0.